The number of fused-ring (bicyclic) bond motifs is 2. The zero-order valence-corrected chi connectivity index (χ0v) is 16.8. The molecule has 0 saturated heterocycles. The molecule has 0 fully saturated rings. The van der Waals surface area contributed by atoms with Crippen molar-refractivity contribution >= 4 is 39.9 Å². The van der Waals surface area contributed by atoms with Gasteiger partial charge in [-0.05, 0) is 33.7 Å². The number of phenols is 2. The monoisotopic (exact) mass is 422 g/mol. The van der Waals surface area contributed by atoms with Crippen LogP contribution in [0.25, 0.3) is 21.5 Å². The summed E-state index contributed by atoms with van der Waals surface area (Å²) in [6, 6.07) is 22.4. The molecule has 8 heteroatoms. The number of nitrogens with zero attached hydrogens (tertiary/aromatic N) is 5. The summed E-state index contributed by atoms with van der Waals surface area (Å²) >= 11 is 0. The predicted molar refractivity (Wildman–Crippen MR) is 125 cm³/mol. The lowest BCUT2D eigenvalue weighted by molar-refractivity contribution is 0.475. The van der Waals surface area contributed by atoms with Crippen LogP contribution in [0, 0.1) is 0 Å². The largest absolute Gasteiger partial charge is 0.507 e. The molecule has 0 aliphatic carbocycles. The summed E-state index contributed by atoms with van der Waals surface area (Å²) in [6.45, 7) is 0. The Morgan fingerprint density at radius 2 is 1.34 bits per heavy atom. The first-order chi connectivity index (χ1) is 15.7. The highest BCUT2D eigenvalue weighted by Crippen LogP contribution is 2.26. The van der Waals surface area contributed by atoms with Gasteiger partial charge in [0.05, 0.1) is 12.4 Å². The summed E-state index contributed by atoms with van der Waals surface area (Å²) in [5, 5.41) is 40.7. The molecule has 1 heterocycles. The third-order valence-electron chi connectivity index (χ3n) is 5.10. The number of aromatic hydroxyl groups is 2. The molecule has 8 nitrogen and oxygen atoms in total. The van der Waals surface area contributed by atoms with Crippen LogP contribution in [0.3, 0.4) is 0 Å². The molecule has 5 rings (SSSR count). The van der Waals surface area contributed by atoms with Crippen molar-refractivity contribution in [2.75, 3.05) is 5.43 Å². The van der Waals surface area contributed by atoms with Crippen LogP contribution in [0.4, 0.5) is 5.95 Å². The number of hydrazone groups is 1. The maximum absolute atomic E-state index is 10.3. The molecule has 4 aromatic carbocycles. The first-order valence-corrected chi connectivity index (χ1v) is 9.85. The lowest BCUT2D eigenvalue weighted by Crippen LogP contribution is -2.00. The molecule has 0 atom stereocenters. The van der Waals surface area contributed by atoms with E-state index in [2.05, 4.69) is 25.8 Å². The number of hydrogen-bond donors (Lipinski definition) is 3. The molecule has 0 radical (unpaired) electrons. The van der Waals surface area contributed by atoms with Crippen molar-refractivity contribution in [2.45, 2.75) is 0 Å². The average Bonchev–Trinajstić information content (AvgIpc) is 3.27. The van der Waals surface area contributed by atoms with E-state index in [0.29, 0.717) is 11.1 Å². The van der Waals surface area contributed by atoms with Gasteiger partial charge in [-0.25, -0.2) is 5.43 Å². The molecular weight excluding hydrogens is 404 g/mol. The van der Waals surface area contributed by atoms with Crippen LogP contribution >= 0.6 is 0 Å². The summed E-state index contributed by atoms with van der Waals surface area (Å²) < 4.78 is 1.40. The van der Waals surface area contributed by atoms with E-state index in [4.69, 9.17) is 0 Å². The van der Waals surface area contributed by atoms with E-state index in [9.17, 15) is 10.2 Å². The highest BCUT2D eigenvalue weighted by molar-refractivity contribution is 6.03. The van der Waals surface area contributed by atoms with E-state index in [0.717, 1.165) is 21.5 Å². The van der Waals surface area contributed by atoms with E-state index in [-0.39, 0.29) is 17.4 Å². The van der Waals surface area contributed by atoms with Gasteiger partial charge in [-0.2, -0.15) is 14.9 Å². The highest BCUT2D eigenvalue weighted by atomic mass is 16.3. The highest BCUT2D eigenvalue weighted by Gasteiger charge is 2.07. The van der Waals surface area contributed by atoms with Gasteiger partial charge >= 0.3 is 0 Å². The van der Waals surface area contributed by atoms with Crippen LogP contribution in [0.2, 0.25) is 0 Å². The molecule has 0 aliphatic rings. The maximum atomic E-state index is 10.3. The van der Waals surface area contributed by atoms with E-state index >= 15 is 0 Å². The third kappa shape index (κ3) is 3.61. The smallest absolute Gasteiger partial charge is 0.265 e. The Morgan fingerprint density at radius 1 is 0.750 bits per heavy atom. The Hall–Kier alpha value is -4.72. The Morgan fingerprint density at radius 3 is 2.00 bits per heavy atom. The maximum Gasteiger partial charge on any atom is 0.265 e. The van der Waals surface area contributed by atoms with Gasteiger partial charge in [-0.3, -0.25) is 0 Å². The lowest BCUT2D eigenvalue weighted by atomic mass is 10.0. The number of rotatable bonds is 5. The molecule has 0 unspecified atom stereocenters. The molecule has 1 aromatic heterocycles. The minimum atomic E-state index is 0.125. The Labute approximate surface area is 182 Å². The summed E-state index contributed by atoms with van der Waals surface area (Å²) in [6.07, 6.45) is 4.50. The van der Waals surface area contributed by atoms with E-state index in [1.165, 1.54) is 17.2 Å². The van der Waals surface area contributed by atoms with Crippen LogP contribution < -0.4 is 5.43 Å². The minimum absolute atomic E-state index is 0.125. The molecule has 0 spiro atoms. The zero-order valence-electron chi connectivity index (χ0n) is 16.8. The summed E-state index contributed by atoms with van der Waals surface area (Å²) in [4.78, 5) is 0. The number of aromatic nitrogens is 3. The number of anilines is 1. The number of phenolic OH excluding ortho intramolecular Hbond substituents is 2. The SMILES string of the molecule is Oc1ccc2ccccc2c1/C=N/Nc1nncn1/N=C/c1c(O)ccc2ccccc12. The van der Waals surface area contributed by atoms with Crippen LogP contribution in [-0.2, 0) is 0 Å². The van der Waals surface area contributed by atoms with E-state index in [1.54, 1.807) is 18.3 Å². The van der Waals surface area contributed by atoms with Gasteiger partial charge in [0.1, 0.15) is 17.8 Å². The molecular formula is C24H18N6O2. The van der Waals surface area contributed by atoms with Gasteiger partial charge in [0.25, 0.3) is 5.95 Å². The summed E-state index contributed by atoms with van der Waals surface area (Å²) in [5.74, 6) is 0.525. The van der Waals surface area contributed by atoms with E-state index in [1.807, 2.05) is 60.7 Å². The second-order valence-electron chi connectivity index (χ2n) is 7.05. The fourth-order valence-electron chi connectivity index (χ4n) is 3.50. The molecule has 5 aromatic rings. The van der Waals surface area contributed by atoms with Crippen LogP contribution in [0.15, 0.2) is 89.3 Å². The summed E-state index contributed by atoms with van der Waals surface area (Å²) in [7, 11) is 0. The predicted octanol–water partition coefficient (Wildman–Crippen LogP) is 4.32. The summed E-state index contributed by atoms with van der Waals surface area (Å²) in [5.41, 5.74) is 3.97. The molecule has 0 aliphatic heterocycles. The normalized spacial score (nSPS) is 11.8. The molecule has 0 bridgehead atoms. The van der Waals surface area contributed by atoms with Crippen molar-refractivity contribution < 1.29 is 10.2 Å². The van der Waals surface area contributed by atoms with Crippen LogP contribution in [0.1, 0.15) is 11.1 Å². The van der Waals surface area contributed by atoms with Gasteiger partial charge < -0.3 is 10.2 Å². The van der Waals surface area contributed by atoms with Gasteiger partial charge in [0.2, 0.25) is 0 Å². The molecule has 32 heavy (non-hydrogen) atoms. The molecule has 3 N–H and O–H groups in total. The first-order valence-electron chi connectivity index (χ1n) is 9.85. The van der Waals surface area contributed by atoms with E-state index < -0.39 is 0 Å². The molecule has 156 valence electrons. The first kappa shape index (κ1) is 19.3. The topological polar surface area (TPSA) is 108 Å². The third-order valence-corrected chi connectivity index (χ3v) is 5.10. The van der Waals surface area contributed by atoms with Gasteiger partial charge in [0, 0.05) is 11.1 Å². The van der Waals surface area contributed by atoms with Crippen molar-refractivity contribution in [3.05, 3.63) is 90.3 Å². The fraction of sp³-hybridized carbons (Fsp3) is 0. The second-order valence-corrected chi connectivity index (χ2v) is 7.05. The number of hydrogen-bond acceptors (Lipinski definition) is 7. The lowest BCUT2D eigenvalue weighted by Gasteiger charge is -2.05. The molecule has 0 amide bonds. The number of benzene rings is 4. The Kier molecular flexibility index (Phi) is 4.93. The van der Waals surface area contributed by atoms with Crippen molar-refractivity contribution in [3.8, 4) is 11.5 Å². The van der Waals surface area contributed by atoms with Crippen LogP contribution in [-0.4, -0.2) is 37.5 Å². The van der Waals surface area contributed by atoms with Gasteiger partial charge in [-0.1, -0.05) is 60.7 Å². The minimum Gasteiger partial charge on any atom is -0.507 e. The average molecular weight is 422 g/mol. The zero-order chi connectivity index (χ0) is 21.9. The Bertz CT molecular complexity index is 1490. The van der Waals surface area contributed by atoms with Crippen molar-refractivity contribution in [2.24, 2.45) is 10.2 Å². The standard InChI is InChI=1S/C24H18N6O2/c31-22-11-9-16-5-1-3-7-18(16)20(22)13-25-28-24-29-26-15-30(24)27-14-21-19-8-4-2-6-17(19)10-12-23(21)32/h1-15,31-32H,(H,28,29)/b25-13+,27-14+. The van der Waals surface area contributed by atoms with Gasteiger partial charge in [0.15, 0.2) is 0 Å². The van der Waals surface area contributed by atoms with Crippen LogP contribution in [0.5, 0.6) is 11.5 Å². The molecule has 0 saturated carbocycles. The van der Waals surface area contributed by atoms with Crippen molar-refractivity contribution in [3.63, 3.8) is 0 Å². The Balaban J connectivity index is 1.41. The number of nitrogens with one attached hydrogen (secondary N) is 1. The van der Waals surface area contributed by atoms with Gasteiger partial charge in [-0.15, -0.1) is 10.2 Å². The van der Waals surface area contributed by atoms with Crippen molar-refractivity contribution in [1.82, 2.24) is 14.9 Å². The fourth-order valence-corrected chi connectivity index (χ4v) is 3.50. The van der Waals surface area contributed by atoms with Crippen molar-refractivity contribution in [1.29, 1.82) is 0 Å². The second kappa shape index (κ2) is 8.19. The quantitative estimate of drug-likeness (QED) is 0.289.